The van der Waals surface area contributed by atoms with Crippen LogP contribution in [0.3, 0.4) is 0 Å². The van der Waals surface area contributed by atoms with E-state index in [1.54, 1.807) is 0 Å². The maximum absolute atomic E-state index is 12.7. The smallest absolute Gasteiger partial charge is 0.462 e. The summed E-state index contributed by atoms with van der Waals surface area (Å²) in [5, 5.41) is 0. The van der Waals surface area contributed by atoms with Gasteiger partial charge in [-0.3, -0.25) is 18.6 Å². The Morgan fingerprint density at radius 3 is 1.32 bits per heavy atom. The molecule has 0 aliphatic heterocycles. The molecule has 0 radical (unpaired) electrons. The summed E-state index contributed by atoms with van der Waals surface area (Å²) in [5.74, 6) is -0.810. The quantitative estimate of drug-likeness (QED) is 0.0212. The van der Waals surface area contributed by atoms with E-state index in [0.29, 0.717) is 17.4 Å². The van der Waals surface area contributed by atoms with Crippen LogP contribution in [0, 0.1) is 0 Å². The minimum absolute atomic E-state index is 0.0284. The molecule has 10 heteroatoms. The Kier molecular flexibility index (Phi) is 40.8. The molecule has 0 aliphatic rings. The lowest BCUT2D eigenvalue weighted by atomic mass is 10.1. The number of esters is 2. The van der Waals surface area contributed by atoms with E-state index in [1.165, 1.54) is 103 Å². The lowest BCUT2D eigenvalue weighted by Crippen LogP contribution is -2.37. The first-order valence-corrected chi connectivity index (χ1v) is 25.9. The van der Waals surface area contributed by atoms with E-state index in [-0.39, 0.29) is 32.0 Å². The summed E-state index contributed by atoms with van der Waals surface area (Å²) in [4.78, 5) is 35.5. The molecule has 2 atom stereocenters. The van der Waals surface area contributed by atoms with Crippen molar-refractivity contribution >= 4 is 19.8 Å². The lowest BCUT2D eigenvalue weighted by Gasteiger charge is -2.24. The summed E-state index contributed by atoms with van der Waals surface area (Å²) in [5.41, 5.74) is 0. The van der Waals surface area contributed by atoms with Gasteiger partial charge >= 0.3 is 19.8 Å². The third kappa shape index (κ3) is 45.5. The molecule has 1 unspecified atom stereocenters. The molecule has 0 saturated heterocycles. The average molecular weight is 867 g/mol. The van der Waals surface area contributed by atoms with Crippen LogP contribution in [-0.2, 0) is 32.7 Å². The maximum atomic E-state index is 12.7. The van der Waals surface area contributed by atoms with Crippen LogP contribution in [0.1, 0.15) is 206 Å². The molecule has 0 rings (SSSR count). The molecular weight excluding hydrogens is 774 g/mol. The van der Waals surface area contributed by atoms with Crippen molar-refractivity contribution in [1.82, 2.24) is 0 Å². The van der Waals surface area contributed by atoms with E-state index in [0.717, 1.165) is 70.6 Å². The number of hydrogen-bond acceptors (Lipinski definition) is 7. The van der Waals surface area contributed by atoms with Gasteiger partial charge in [-0.05, 0) is 77.0 Å². The molecule has 0 heterocycles. The number of phosphoric ester groups is 1. The second-order valence-electron chi connectivity index (χ2n) is 17.5. The number of carbonyl (C=O) groups is 2. The number of nitrogens with zero attached hydrogens (tertiary/aromatic N) is 1. The van der Waals surface area contributed by atoms with Crippen LogP contribution in [0.5, 0.6) is 0 Å². The van der Waals surface area contributed by atoms with Crippen LogP contribution < -0.4 is 0 Å². The van der Waals surface area contributed by atoms with Crippen molar-refractivity contribution in [2.24, 2.45) is 0 Å². The molecule has 0 bridgehead atoms. The van der Waals surface area contributed by atoms with E-state index in [1.807, 2.05) is 21.1 Å². The fourth-order valence-electron chi connectivity index (χ4n) is 6.49. The molecule has 0 aromatic heterocycles. The van der Waals surface area contributed by atoms with Gasteiger partial charge < -0.3 is 18.9 Å². The normalized spacial score (nSPS) is 13.9. The summed E-state index contributed by atoms with van der Waals surface area (Å²) < 4.78 is 34.4. The van der Waals surface area contributed by atoms with Gasteiger partial charge in [0.1, 0.15) is 19.8 Å². The first-order chi connectivity index (χ1) is 29.0. The largest absolute Gasteiger partial charge is 0.472 e. The van der Waals surface area contributed by atoms with Crippen molar-refractivity contribution in [2.75, 3.05) is 47.5 Å². The van der Waals surface area contributed by atoms with Gasteiger partial charge in [0.2, 0.25) is 0 Å². The van der Waals surface area contributed by atoms with E-state index in [4.69, 9.17) is 18.5 Å². The topological polar surface area (TPSA) is 108 Å². The molecule has 0 saturated carbocycles. The standard InChI is InChI=1S/C50H92NO8P/c1-6-8-10-12-14-16-18-20-22-24-25-27-29-31-33-35-37-39-41-43-50(53)59-48(47-58-60(54,55)57-45-44-51(3,4)5)46-56-49(52)42-40-38-36-34-32-30-28-26-23-21-19-17-15-13-11-9-7-2/h14-17,20-23,48H,6-13,18-19,24-47H2,1-5H3/p+1/b16-14-,17-15-,22-20-,23-21-/t48-/m1/s1. The van der Waals surface area contributed by atoms with Crippen LogP contribution in [0.4, 0.5) is 0 Å². The van der Waals surface area contributed by atoms with E-state index < -0.39 is 26.5 Å². The summed E-state index contributed by atoms with van der Waals surface area (Å²) in [7, 11) is 1.47. The lowest BCUT2D eigenvalue weighted by molar-refractivity contribution is -0.870. The number of carbonyl (C=O) groups excluding carboxylic acids is 2. The third-order valence-electron chi connectivity index (χ3n) is 10.3. The fraction of sp³-hybridized carbons (Fsp3) is 0.800. The SMILES string of the molecule is CCCCC/C=C\C/C=C\CCCCCCCCCCCC(=O)O[C@H](COC(=O)CCCCCCCCC/C=C\C/C=C\CCCCC)COP(=O)(O)OCC[N+](C)(C)C. The van der Waals surface area contributed by atoms with Crippen molar-refractivity contribution in [3.05, 3.63) is 48.6 Å². The van der Waals surface area contributed by atoms with Crippen molar-refractivity contribution in [3.63, 3.8) is 0 Å². The molecule has 1 N–H and O–H groups in total. The first kappa shape index (κ1) is 58.0. The van der Waals surface area contributed by atoms with Gasteiger partial charge in [-0.2, -0.15) is 0 Å². The number of unbranched alkanes of at least 4 members (excludes halogenated alkanes) is 22. The minimum Gasteiger partial charge on any atom is -0.462 e. The molecule has 0 aromatic carbocycles. The first-order valence-electron chi connectivity index (χ1n) is 24.4. The van der Waals surface area contributed by atoms with Gasteiger partial charge in [0.05, 0.1) is 27.7 Å². The average Bonchev–Trinajstić information content (AvgIpc) is 3.20. The molecule has 60 heavy (non-hydrogen) atoms. The third-order valence-corrected chi connectivity index (χ3v) is 11.3. The summed E-state index contributed by atoms with van der Waals surface area (Å²) >= 11 is 0. The van der Waals surface area contributed by atoms with Gasteiger partial charge in [-0.1, -0.05) is 165 Å². The van der Waals surface area contributed by atoms with Gasteiger partial charge in [0.25, 0.3) is 0 Å². The van der Waals surface area contributed by atoms with Crippen molar-refractivity contribution in [2.45, 2.75) is 213 Å². The van der Waals surface area contributed by atoms with E-state index in [2.05, 4.69) is 62.5 Å². The molecule has 9 nitrogen and oxygen atoms in total. The highest BCUT2D eigenvalue weighted by molar-refractivity contribution is 7.47. The van der Waals surface area contributed by atoms with Crippen molar-refractivity contribution in [3.8, 4) is 0 Å². The zero-order valence-electron chi connectivity index (χ0n) is 39.4. The Morgan fingerprint density at radius 2 is 0.900 bits per heavy atom. The number of ether oxygens (including phenoxy) is 2. The number of phosphoric acid groups is 1. The Hall–Kier alpha value is -2.03. The predicted molar refractivity (Wildman–Crippen MR) is 252 cm³/mol. The number of allylic oxidation sites excluding steroid dienone is 8. The zero-order valence-corrected chi connectivity index (χ0v) is 40.3. The molecule has 0 amide bonds. The number of rotatable bonds is 44. The molecule has 0 aliphatic carbocycles. The van der Waals surface area contributed by atoms with Crippen molar-refractivity contribution in [1.29, 1.82) is 0 Å². The van der Waals surface area contributed by atoms with Gasteiger partial charge in [-0.25, -0.2) is 4.57 Å². The van der Waals surface area contributed by atoms with Gasteiger partial charge in [-0.15, -0.1) is 0 Å². The molecule has 0 fully saturated rings. The van der Waals surface area contributed by atoms with Crippen LogP contribution in [0.15, 0.2) is 48.6 Å². The second kappa shape index (κ2) is 42.3. The van der Waals surface area contributed by atoms with E-state index in [9.17, 15) is 19.0 Å². The van der Waals surface area contributed by atoms with Crippen LogP contribution in [-0.4, -0.2) is 74.9 Å². The highest BCUT2D eigenvalue weighted by atomic mass is 31.2. The monoisotopic (exact) mass is 867 g/mol. The number of quaternary nitrogens is 1. The Labute approximate surface area is 369 Å². The Bertz CT molecular complexity index is 1160. The van der Waals surface area contributed by atoms with E-state index >= 15 is 0 Å². The number of likely N-dealkylation sites (N-methyl/N-ethyl adjacent to an activating group) is 1. The van der Waals surface area contributed by atoms with Gasteiger partial charge in [0.15, 0.2) is 6.10 Å². The zero-order chi connectivity index (χ0) is 44.3. The van der Waals surface area contributed by atoms with Crippen LogP contribution >= 0.6 is 7.82 Å². The van der Waals surface area contributed by atoms with Gasteiger partial charge in [0, 0.05) is 12.8 Å². The summed E-state index contributed by atoms with van der Waals surface area (Å²) in [6, 6.07) is 0. The molecule has 350 valence electrons. The van der Waals surface area contributed by atoms with Crippen LogP contribution in [0.2, 0.25) is 0 Å². The van der Waals surface area contributed by atoms with Crippen LogP contribution in [0.25, 0.3) is 0 Å². The highest BCUT2D eigenvalue weighted by Gasteiger charge is 2.27. The number of hydrogen-bond donors (Lipinski definition) is 1. The summed E-state index contributed by atoms with van der Waals surface area (Å²) in [6.45, 7) is 4.37. The maximum Gasteiger partial charge on any atom is 0.472 e. The summed E-state index contributed by atoms with van der Waals surface area (Å²) in [6.07, 6.45) is 50.1. The Balaban J connectivity index is 4.31. The predicted octanol–water partition coefficient (Wildman–Crippen LogP) is 14.2. The minimum atomic E-state index is -4.38. The fourth-order valence-corrected chi connectivity index (χ4v) is 7.23. The molecule has 0 spiro atoms. The highest BCUT2D eigenvalue weighted by Crippen LogP contribution is 2.43. The molecule has 0 aromatic rings. The van der Waals surface area contributed by atoms with Crippen molar-refractivity contribution < 1.29 is 42.1 Å². The second-order valence-corrected chi connectivity index (χ2v) is 18.9. The molecular formula is C50H93NO8P+. The Morgan fingerprint density at radius 1 is 0.517 bits per heavy atom.